The molecule has 1 spiro atoms. The zero-order chi connectivity index (χ0) is 24.7. The van der Waals surface area contributed by atoms with Gasteiger partial charge >= 0.3 is 5.97 Å². The van der Waals surface area contributed by atoms with Crippen molar-refractivity contribution >= 4 is 11.7 Å². The average Bonchev–Trinajstić information content (AvgIpc) is 3.21. The van der Waals surface area contributed by atoms with E-state index in [1.165, 1.54) is 23.2 Å². The minimum atomic E-state index is -1.19. The molecule has 2 atom stereocenters. The summed E-state index contributed by atoms with van der Waals surface area (Å²) in [5, 5.41) is 15.8. The van der Waals surface area contributed by atoms with E-state index in [0.29, 0.717) is 44.7 Å². The Bertz CT molecular complexity index is 1110. The molecule has 2 fully saturated rings. The first kappa shape index (κ1) is 23.7. The van der Waals surface area contributed by atoms with Crippen LogP contribution in [-0.4, -0.2) is 67.3 Å². The Balaban J connectivity index is 1.38. The van der Waals surface area contributed by atoms with Crippen molar-refractivity contribution in [1.29, 1.82) is 0 Å². The van der Waals surface area contributed by atoms with Gasteiger partial charge in [0.2, 0.25) is 0 Å². The van der Waals surface area contributed by atoms with Crippen LogP contribution in [0.25, 0.3) is 0 Å². The number of likely N-dealkylation sites (N-methyl/N-ethyl adjacent to an activating group) is 1. The molecule has 0 aromatic heterocycles. The Hall–Kier alpha value is -3.02. The molecule has 188 valence electrons. The van der Waals surface area contributed by atoms with Gasteiger partial charge in [0, 0.05) is 51.2 Å². The number of anilines is 1. The molecule has 0 amide bonds. The number of allylic oxidation sites excluding steroid dienone is 2. The summed E-state index contributed by atoms with van der Waals surface area (Å²) < 4.78 is 55.5. The molecule has 1 aromatic carbocycles. The molecule has 1 aromatic rings. The SMILES string of the molecule is CNCC1COC2(CCN(C3=C(F)C=C4CC(C(=O)O)=CN(c5ccc(F)cc5F)C4N3)CC2)O1. The molecule has 4 heterocycles. The number of nitrogens with one attached hydrogen (secondary N) is 2. The fourth-order valence-corrected chi connectivity index (χ4v) is 5.06. The van der Waals surface area contributed by atoms with Gasteiger partial charge in [-0.15, -0.1) is 0 Å². The van der Waals surface area contributed by atoms with Crippen molar-refractivity contribution in [3.05, 3.63) is 64.9 Å². The fraction of sp³-hybridized carbons (Fsp3) is 0.458. The molecule has 0 radical (unpaired) electrons. The molecule has 35 heavy (non-hydrogen) atoms. The van der Waals surface area contributed by atoms with Crippen LogP contribution in [-0.2, 0) is 14.3 Å². The largest absolute Gasteiger partial charge is 0.478 e. The maximum atomic E-state index is 15.2. The molecular weight excluding hydrogens is 465 g/mol. The Labute approximate surface area is 200 Å². The van der Waals surface area contributed by atoms with Crippen LogP contribution in [0.15, 0.2) is 53.3 Å². The molecular formula is C24H27F3N4O4. The van der Waals surface area contributed by atoms with Crippen molar-refractivity contribution in [2.24, 2.45) is 0 Å². The van der Waals surface area contributed by atoms with Crippen molar-refractivity contribution in [3.63, 3.8) is 0 Å². The van der Waals surface area contributed by atoms with E-state index in [2.05, 4.69) is 10.6 Å². The number of hydrogen-bond acceptors (Lipinski definition) is 7. The number of fused-ring (bicyclic) bond motifs is 1. The van der Waals surface area contributed by atoms with Gasteiger partial charge in [-0.1, -0.05) is 0 Å². The number of aliphatic carboxylic acids is 1. The van der Waals surface area contributed by atoms with E-state index in [0.717, 1.165) is 12.1 Å². The lowest BCUT2D eigenvalue weighted by Gasteiger charge is -2.45. The number of hydrogen-bond donors (Lipinski definition) is 3. The van der Waals surface area contributed by atoms with E-state index in [1.807, 2.05) is 11.9 Å². The second-order valence-corrected chi connectivity index (χ2v) is 9.11. The number of carboxylic acids is 1. The highest BCUT2D eigenvalue weighted by atomic mass is 19.1. The number of ether oxygens (including phenoxy) is 2. The third-order valence-electron chi connectivity index (χ3n) is 6.78. The van der Waals surface area contributed by atoms with E-state index >= 15 is 4.39 Å². The van der Waals surface area contributed by atoms with Gasteiger partial charge in [0.1, 0.15) is 23.6 Å². The van der Waals surface area contributed by atoms with Gasteiger partial charge in [0.25, 0.3) is 0 Å². The number of halogens is 3. The predicted molar refractivity (Wildman–Crippen MR) is 121 cm³/mol. The van der Waals surface area contributed by atoms with Gasteiger partial charge in [-0.05, 0) is 30.8 Å². The maximum absolute atomic E-state index is 15.2. The highest BCUT2D eigenvalue weighted by Crippen LogP contribution is 2.38. The van der Waals surface area contributed by atoms with Crippen LogP contribution < -0.4 is 15.5 Å². The van der Waals surface area contributed by atoms with Crippen molar-refractivity contribution < 1.29 is 32.5 Å². The first-order valence-corrected chi connectivity index (χ1v) is 11.5. The minimum absolute atomic E-state index is 0.00927. The summed E-state index contributed by atoms with van der Waals surface area (Å²) in [7, 11) is 1.85. The molecule has 2 saturated heterocycles. The summed E-state index contributed by atoms with van der Waals surface area (Å²) >= 11 is 0. The number of carbonyl (C=O) groups is 1. The van der Waals surface area contributed by atoms with Gasteiger partial charge in [-0.3, -0.25) is 0 Å². The van der Waals surface area contributed by atoms with E-state index in [4.69, 9.17) is 9.47 Å². The van der Waals surface area contributed by atoms with Gasteiger partial charge in [0.05, 0.1) is 24.0 Å². The average molecular weight is 492 g/mol. The number of rotatable bonds is 5. The predicted octanol–water partition coefficient (Wildman–Crippen LogP) is 2.56. The number of benzene rings is 1. The van der Waals surface area contributed by atoms with Crippen LogP contribution in [0, 0.1) is 11.6 Å². The van der Waals surface area contributed by atoms with Crippen molar-refractivity contribution in [1.82, 2.24) is 15.5 Å². The minimum Gasteiger partial charge on any atom is -0.478 e. The lowest BCUT2D eigenvalue weighted by molar-refractivity contribution is -0.192. The maximum Gasteiger partial charge on any atom is 0.333 e. The summed E-state index contributed by atoms with van der Waals surface area (Å²) in [5.41, 5.74) is 0.386. The number of carboxylic acid groups (broad SMARTS) is 1. The van der Waals surface area contributed by atoms with Gasteiger partial charge in [0.15, 0.2) is 11.6 Å². The zero-order valence-corrected chi connectivity index (χ0v) is 19.2. The Morgan fingerprint density at radius 3 is 2.74 bits per heavy atom. The number of dihydropyridines is 1. The monoisotopic (exact) mass is 492 g/mol. The zero-order valence-electron chi connectivity index (χ0n) is 19.2. The van der Waals surface area contributed by atoms with Crippen LogP contribution in [0.3, 0.4) is 0 Å². The van der Waals surface area contributed by atoms with Crippen LogP contribution in [0.1, 0.15) is 19.3 Å². The van der Waals surface area contributed by atoms with Crippen LogP contribution in [0.2, 0.25) is 0 Å². The molecule has 8 nitrogen and oxygen atoms in total. The summed E-state index contributed by atoms with van der Waals surface area (Å²) in [6.45, 7) is 2.13. The molecule has 4 aliphatic rings. The normalized spacial score (nSPS) is 25.8. The highest BCUT2D eigenvalue weighted by molar-refractivity contribution is 5.88. The molecule has 5 rings (SSSR count). The van der Waals surface area contributed by atoms with Gasteiger partial charge < -0.3 is 35.0 Å². The van der Waals surface area contributed by atoms with Crippen molar-refractivity contribution in [2.45, 2.75) is 37.3 Å². The highest BCUT2D eigenvalue weighted by Gasteiger charge is 2.45. The second-order valence-electron chi connectivity index (χ2n) is 9.11. The summed E-state index contributed by atoms with van der Waals surface area (Å²) in [6, 6.07) is 3.06. The topological polar surface area (TPSA) is 86.3 Å². The summed E-state index contributed by atoms with van der Waals surface area (Å²) in [6.07, 6.45) is 2.93. The van der Waals surface area contributed by atoms with Gasteiger partial charge in [-0.2, -0.15) is 0 Å². The van der Waals surface area contributed by atoms with Crippen molar-refractivity contribution in [2.75, 3.05) is 38.2 Å². The number of likely N-dealkylation sites (tertiary alicyclic amines) is 1. The van der Waals surface area contributed by atoms with E-state index in [9.17, 15) is 18.7 Å². The van der Waals surface area contributed by atoms with Crippen LogP contribution in [0.5, 0.6) is 0 Å². The third-order valence-corrected chi connectivity index (χ3v) is 6.78. The number of nitrogens with zero attached hydrogens (tertiary/aromatic N) is 2. The Morgan fingerprint density at radius 2 is 2.06 bits per heavy atom. The second kappa shape index (κ2) is 9.21. The lowest BCUT2D eigenvalue weighted by atomic mass is 9.95. The molecule has 2 unspecified atom stereocenters. The smallest absolute Gasteiger partial charge is 0.333 e. The first-order valence-electron chi connectivity index (χ1n) is 11.5. The molecule has 3 N–H and O–H groups in total. The summed E-state index contributed by atoms with van der Waals surface area (Å²) in [4.78, 5) is 14.9. The lowest BCUT2D eigenvalue weighted by Crippen LogP contribution is -2.54. The first-order chi connectivity index (χ1) is 16.8. The molecule has 0 bridgehead atoms. The summed E-state index contributed by atoms with van der Waals surface area (Å²) in [5.74, 6) is -3.77. The molecule has 0 aliphatic carbocycles. The van der Waals surface area contributed by atoms with E-state index < -0.39 is 35.4 Å². The van der Waals surface area contributed by atoms with Gasteiger partial charge in [-0.25, -0.2) is 18.0 Å². The third kappa shape index (κ3) is 4.51. The van der Waals surface area contributed by atoms with Crippen molar-refractivity contribution in [3.8, 4) is 0 Å². The van der Waals surface area contributed by atoms with Crippen LogP contribution in [0.4, 0.5) is 18.9 Å². The molecule has 11 heteroatoms. The van der Waals surface area contributed by atoms with E-state index in [-0.39, 0.29) is 29.6 Å². The standard InChI is InChI=1S/C24H27F3N4O4/c1-28-11-17-13-34-24(35-17)4-6-30(7-5-24)22-19(27)9-14-8-15(23(32)33)12-31(21(14)29-22)20-3-2-16(25)10-18(20)26/h2-3,9-10,12,17,21,28-29H,4-8,11,13H2,1H3,(H,32,33). The fourth-order valence-electron chi connectivity index (χ4n) is 5.06. The quantitative estimate of drug-likeness (QED) is 0.579. The molecule has 4 aliphatic heterocycles. The Morgan fingerprint density at radius 1 is 1.29 bits per heavy atom. The van der Waals surface area contributed by atoms with Crippen LogP contribution >= 0.6 is 0 Å². The molecule has 0 saturated carbocycles. The Kier molecular flexibility index (Phi) is 6.24. The number of piperidine rings is 1. The van der Waals surface area contributed by atoms with E-state index in [1.54, 1.807) is 0 Å².